The van der Waals surface area contributed by atoms with Gasteiger partial charge in [0.2, 0.25) is 0 Å². The summed E-state index contributed by atoms with van der Waals surface area (Å²) in [5.41, 5.74) is 1.29. The average molecular weight is 288 g/mol. The molecule has 0 amide bonds. The van der Waals surface area contributed by atoms with Gasteiger partial charge >= 0.3 is 0 Å². The maximum atomic E-state index is 4.77. The second kappa shape index (κ2) is 6.33. The third-order valence-electron chi connectivity index (χ3n) is 3.80. The van der Waals surface area contributed by atoms with Gasteiger partial charge in [0.05, 0.1) is 10.7 Å². The fraction of sp³-hybridized carbons (Fsp3) is 0.769. The molecule has 1 aliphatic carbocycles. The van der Waals surface area contributed by atoms with Crippen LogP contribution >= 0.6 is 23.7 Å². The van der Waals surface area contributed by atoms with E-state index in [1.807, 2.05) is 11.3 Å². The summed E-state index contributed by atoms with van der Waals surface area (Å²) in [4.78, 5) is 7.31. The number of hydrogen-bond donors (Lipinski definition) is 1. The SMILES string of the molecule is CNC1CCCN(Cc2csc(C3CC3)n2)C1.Cl. The van der Waals surface area contributed by atoms with Crippen LogP contribution < -0.4 is 5.32 Å². The molecule has 18 heavy (non-hydrogen) atoms. The Balaban J connectivity index is 0.00000120. The summed E-state index contributed by atoms with van der Waals surface area (Å²) >= 11 is 1.86. The Bertz CT molecular complexity index is 378. The number of thiazole rings is 1. The molecule has 0 spiro atoms. The zero-order valence-corrected chi connectivity index (χ0v) is 12.5. The van der Waals surface area contributed by atoms with Gasteiger partial charge < -0.3 is 5.32 Å². The summed E-state index contributed by atoms with van der Waals surface area (Å²) in [5.74, 6) is 0.806. The van der Waals surface area contributed by atoms with Gasteiger partial charge in [-0.2, -0.15) is 0 Å². The van der Waals surface area contributed by atoms with Crippen molar-refractivity contribution in [3.63, 3.8) is 0 Å². The minimum Gasteiger partial charge on any atom is -0.316 e. The monoisotopic (exact) mass is 287 g/mol. The van der Waals surface area contributed by atoms with Crippen molar-refractivity contribution in [3.8, 4) is 0 Å². The number of nitrogens with zero attached hydrogens (tertiary/aromatic N) is 2. The van der Waals surface area contributed by atoms with Gasteiger partial charge in [-0.25, -0.2) is 4.98 Å². The van der Waals surface area contributed by atoms with Crippen molar-refractivity contribution in [1.29, 1.82) is 0 Å². The molecule has 1 aromatic heterocycles. The normalized spacial score (nSPS) is 24.8. The molecule has 1 unspecified atom stereocenters. The van der Waals surface area contributed by atoms with Gasteiger partial charge in [0.25, 0.3) is 0 Å². The molecule has 0 aromatic carbocycles. The van der Waals surface area contributed by atoms with Gasteiger partial charge in [-0.05, 0) is 39.3 Å². The maximum Gasteiger partial charge on any atom is 0.0959 e. The topological polar surface area (TPSA) is 28.2 Å². The van der Waals surface area contributed by atoms with E-state index < -0.39 is 0 Å². The van der Waals surface area contributed by atoms with Crippen LogP contribution in [0.4, 0.5) is 0 Å². The maximum absolute atomic E-state index is 4.77. The Morgan fingerprint density at radius 2 is 2.28 bits per heavy atom. The van der Waals surface area contributed by atoms with Crippen LogP contribution in [0.25, 0.3) is 0 Å². The predicted molar refractivity (Wildman–Crippen MR) is 78.7 cm³/mol. The number of hydrogen-bond acceptors (Lipinski definition) is 4. The first-order valence-corrected chi connectivity index (χ1v) is 7.57. The number of likely N-dealkylation sites (tertiary alicyclic amines) is 1. The van der Waals surface area contributed by atoms with Crippen LogP contribution in [0.3, 0.4) is 0 Å². The molecule has 3 nitrogen and oxygen atoms in total. The molecule has 1 aromatic rings. The number of halogens is 1. The van der Waals surface area contributed by atoms with E-state index in [2.05, 4.69) is 22.6 Å². The minimum atomic E-state index is 0. The fourth-order valence-electron chi connectivity index (χ4n) is 2.58. The number of aromatic nitrogens is 1. The van der Waals surface area contributed by atoms with Gasteiger partial charge in [-0.3, -0.25) is 4.90 Å². The van der Waals surface area contributed by atoms with E-state index in [-0.39, 0.29) is 12.4 Å². The molecule has 1 atom stereocenters. The molecule has 0 bridgehead atoms. The van der Waals surface area contributed by atoms with Crippen molar-refractivity contribution in [2.75, 3.05) is 20.1 Å². The standard InChI is InChI=1S/C13H21N3S.ClH/c1-14-11-3-2-6-16(7-11)8-12-9-17-13(15-12)10-4-5-10;/h9-11,14H,2-8H2,1H3;1H. The molecule has 102 valence electrons. The highest BCUT2D eigenvalue weighted by Gasteiger charge is 2.27. The molecular formula is C13H22ClN3S. The van der Waals surface area contributed by atoms with Crippen LogP contribution in [0.2, 0.25) is 0 Å². The van der Waals surface area contributed by atoms with E-state index in [1.165, 1.54) is 49.5 Å². The summed E-state index contributed by atoms with van der Waals surface area (Å²) in [5, 5.41) is 7.03. The molecule has 2 aliphatic rings. The smallest absolute Gasteiger partial charge is 0.0959 e. The minimum absolute atomic E-state index is 0. The molecular weight excluding hydrogens is 266 g/mol. The Labute approximate surface area is 119 Å². The quantitative estimate of drug-likeness (QED) is 0.923. The summed E-state index contributed by atoms with van der Waals surface area (Å²) < 4.78 is 0. The lowest BCUT2D eigenvalue weighted by Gasteiger charge is -2.31. The van der Waals surface area contributed by atoms with E-state index in [0.717, 1.165) is 12.5 Å². The Kier molecular flexibility index (Phi) is 5.01. The zero-order chi connectivity index (χ0) is 11.7. The molecule has 1 N–H and O–H groups in total. The summed E-state index contributed by atoms with van der Waals surface area (Å²) in [7, 11) is 2.07. The van der Waals surface area contributed by atoms with Crippen LogP contribution in [0.1, 0.15) is 42.3 Å². The summed E-state index contributed by atoms with van der Waals surface area (Å²) in [6.45, 7) is 3.45. The first-order valence-electron chi connectivity index (χ1n) is 6.69. The van der Waals surface area contributed by atoms with E-state index in [4.69, 9.17) is 4.98 Å². The van der Waals surface area contributed by atoms with E-state index in [1.54, 1.807) is 0 Å². The van der Waals surface area contributed by atoms with Crippen molar-refractivity contribution in [1.82, 2.24) is 15.2 Å². The van der Waals surface area contributed by atoms with Crippen LogP contribution in [0.15, 0.2) is 5.38 Å². The van der Waals surface area contributed by atoms with Crippen LogP contribution in [-0.2, 0) is 6.54 Å². The third-order valence-corrected chi connectivity index (χ3v) is 4.85. The van der Waals surface area contributed by atoms with Gasteiger partial charge in [-0.1, -0.05) is 0 Å². The summed E-state index contributed by atoms with van der Waals surface area (Å²) in [6, 6.07) is 0.672. The number of likely N-dealkylation sites (N-methyl/N-ethyl adjacent to an activating group) is 1. The molecule has 3 rings (SSSR count). The number of piperidine rings is 1. The fourth-order valence-corrected chi connectivity index (χ4v) is 3.56. The Hall–Kier alpha value is -0.160. The van der Waals surface area contributed by atoms with Crippen LogP contribution in [0.5, 0.6) is 0 Å². The number of nitrogens with one attached hydrogen (secondary N) is 1. The van der Waals surface area contributed by atoms with Gasteiger partial charge in [0.1, 0.15) is 0 Å². The first-order chi connectivity index (χ1) is 8.35. The van der Waals surface area contributed by atoms with Crippen molar-refractivity contribution >= 4 is 23.7 Å². The highest BCUT2D eigenvalue weighted by molar-refractivity contribution is 7.09. The highest BCUT2D eigenvalue weighted by Crippen LogP contribution is 2.41. The van der Waals surface area contributed by atoms with Gasteiger partial charge in [0, 0.05) is 30.4 Å². The van der Waals surface area contributed by atoms with Crippen LogP contribution in [0, 0.1) is 0 Å². The van der Waals surface area contributed by atoms with Gasteiger partial charge in [0.15, 0.2) is 0 Å². The lowest BCUT2D eigenvalue weighted by atomic mass is 10.1. The molecule has 1 aliphatic heterocycles. The average Bonchev–Trinajstić information content (AvgIpc) is 3.11. The van der Waals surface area contributed by atoms with E-state index in [0.29, 0.717) is 6.04 Å². The third kappa shape index (κ3) is 3.44. The van der Waals surface area contributed by atoms with E-state index in [9.17, 15) is 0 Å². The first kappa shape index (κ1) is 14.3. The highest BCUT2D eigenvalue weighted by atomic mass is 35.5. The van der Waals surface area contributed by atoms with Crippen molar-refractivity contribution in [2.45, 2.75) is 44.2 Å². The summed E-state index contributed by atoms with van der Waals surface area (Å²) in [6.07, 6.45) is 5.35. The molecule has 1 saturated heterocycles. The number of rotatable bonds is 4. The predicted octanol–water partition coefficient (Wildman–Crippen LogP) is 2.63. The second-order valence-corrected chi connectivity index (χ2v) is 6.20. The molecule has 5 heteroatoms. The van der Waals surface area contributed by atoms with Crippen molar-refractivity contribution in [3.05, 3.63) is 16.1 Å². The lowest BCUT2D eigenvalue weighted by Crippen LogP contribution is -2.43. The zero-order valence-electron chi connectivity index (χ0n) is 10.9. The molecule has 2 fully saturated rings. The Morgan fingerprint density at radius 1 is 1.44 bits per heavy atom. The van der Waals surface area contributed by atoms with E-state index >= 15 is 0 Å². The lowest BCUT2D eigenvalue weighted by molar-refractivity contribution is 0.186. The molecule has 2 heterocycles. The largest absolute Gasteiger partial charge is 0.316 e. The Morgan fingerprint density at radius 3 is 3.00 bits per heavy atom. The van der Waals surface area contributed by atoms with Crippen LogP contribution in [-0.4, -0.2) is 36.1 Å². The van der Waals surface area contributed by atoms with Crippen molar-refractivity contribution < 1.29 is 0 Å². The molecule has 1 saturated carbocycles. The molecule has 0 radical (unpaired) electrons. The second-order valence-electron chi connectivity index (χ2n) is 5.31. The van der Waals surface area contributed by atoms with Crippen molar-refractivity contribution in [2.24, 2.45) is 0 Å². The van der Waals surface area contributed by atoms with Gasteiger partial charge in [-0.15, -0.1) is 23.7 Å².